The highest BCUT2D eigenvalue weighted by molar-refractivity contribution is 7.10. The fourth-order valence-corrected chi connectivity index (χ4v) is 3.16. The number of methoxy groups -OCH3 is 1. The highest BCUT2D eigenvalue weighted by Crippen LogP contribution is 2.23. The van der Waals surface area contributed by atoms with Crippen LogP contribution in [0.2, 0.25) is 0 Å². The molecular weight excluding hydrogens is 354 g/mol. The lowest BCUT2D eigenvalue weighted by atomic mass is 10.1. The van der Waals surface area contributed by atoms with E-state index in [1.54, 1.807) is 31.2 Å². The van der Waals surface area contributed by atoms with Gasteiger partial charge in [0.15, 0.2) is 5.82 Å². The Bertz CT molecular complexity index is 888. The van der Waals surface area contributed by atoms with Crippen LogP contribution in [-0.4, -0.2) is 29.1 Å². The lowest BCUT2D eigenvalue weighted by Gasteiger charge is -2.16. The molecule has 0 aliphatic rings. The summed E-state index contributed by atoms with van der Waals surface area (Å²) in [6.07, 6.45) is 0.0715. The molecule has 0 radical (unpaired) electrons. The summed E-state index contributed by atoms with van der Waals surface area (Å²) in [6.45, 7) is 1.74. The number of aryl methyl sites for hydroxylation is 1. The monoisotopic (exact) mass is 371 g/mol. The molecule has 7 nitrogen and oxygen atoms in total. The van der Waals surface area contributed by atoms with Gasteiger partial charge in [-0.2, -0.15) is 4.98 Å². The van der Waals surface area contributed by atoms with Crippen molar-refractivity contribution in [1.82, 2.24) is 15.5 Å². The first kappa shape index (κ1) is 17.8. The topological polar surface area (TPSA) is 94.3 Å². The molecular formula is C18H17N3O4S. The predicted molar refractivity (Wildman–Crippen MR) is 95.6 cm³/mol. The molecule has 0 fully saturated rings. The van der Waals surface area contributed by atoms with Gasteiger partial charge in [0.2, 0.25) is 0 Å². The minimum atomic E-state index is -0.437. The van der Waals surface area contributed by atoms with Gasteiger partial charge in [0.1, 0.15) is 0 Å². The first-order chi connectivity index (χ1) is 12.6. The molecule has 1 atom stereocenters. The molecule has 1 unspecified atom stereocenters. The number of rotatable bonds is 6. The number of benzene rings is 1. The van der Waals surface area contributed by atoms with Crippen molar-refractivity contribution in [3.8, 4) is 11.5 Å². The fraction of sp³-hybridized carbons (Fsp3) is 0.222. The number of aromatic nitrogens is 2. The molecule has 0 spiro atoms. The van der Waals surface area contributed by atoms with Crippen LogP contribution >= 0.6 is 11.3 Å². The average Bonchev–Trinajstić information content (AvgIpc) is 3.33. The van der Waals surface area contributed by atoms with Gasteiger partial charge in [0.05, 0.1) is 19.6 Å². The summed E-state index contributed by atoms with van der Waals surface area (Å²) >= 11 is 1.47. The third-order valence-corrected chi connectivity index (χ3v) is 4.70. The van der Waals surface area contributed by atoms with E-state index in [0.29, 0.717) is 17.3 Å². The van der Waals surface area contributed by atoms with Gasteiger partial charge in [-0.15, -0.1) is 11.3 Å². The van der Waals surface area contributed by atoms with Crippen LogP contribution in [-0.2, 0) is 9.53 Å². The molecule has 2 aromatic heterocycles. The van der Waals surface area contributed by atoms with Gasteiger partial charge < -0.3 is 14.6 Å². The van der Waals surface area contributed by atoms with Gasteiger partial charge in [-0.25, -0.2) is 0 Å². The van der Waals surface area contributed by atoms with Crippen molar-refractivity contribution < 1.29 is 18.8 Å². The van der Waals surface area contributed by atoms with E-state index in [0.717, 1.165) is 10.4 Å². The number of esters is 1. The van der Waals surface area contributed by atoms with Crippen LogP contribution in [0.1, 0.15) is 33.5 Å². The number of nitrogens with zero attached hydrogens (tertiary/aromatic N) is 2. The Hall–Kier alpha value is -3.00. The van der Waals surface area contributed by atoms with Crippen LogP contribution in [0.3, 0.4) is 0 Å². The smallest absolute Gasteiger partial charge is 0.307 e. The Kier molecular flexibility index (Phi) is 5.43. The first-order valence-electron chi connectivity index (χ1n) is 7.88. The van der Waals surface area contributed by atoms with Crippen molar-refractivity contribution in [3.63, 3.8) is 0 Å². The standard InChI is InChI=1S/C18H17N3O4S/c1-11-19-18(25-21-11)13-7-5-12(6-8-13)17(23)20-14(10-16(22)24-2)15-4-3-9-26-15/h3-9,14H,10H2,1-2H3,(H,20,23). The van der Waals surface area contributed by atoms with Crippen LogP contribution in [0.25, 0.3) is 11.5 Å². The average molecular weight is 371 g/mol. The molecule has 134 valence electrons. The minimum Gasteiger partial charge on any atom is -0.469 e. The van der Waals surface area contributed by atoms with Gasteiger partial charge in [-0.1, -0.05) is 11.2 Å². The van der Waals surface area contributed by atoms with Crippen molar-refractivity contribution >= 4 is 23.2 Å². The predicted octanol–water partition coefficient (Wildman–Crippen LogP) is 3.14. The second-order valence-corrected chi connectivity index (χ2v) is 6.53. The Labute approximate surface area is 154 Å². The van der Waals surface area contributed by atoms with Crippen LogP contribution in [0.5, 0.6) is 0 Å². The van der Waals surface area contributed by atoms with E-state index in [2.05, 4.69) is 15.5 Å². The van der Waals surface area contributed by atoms with Gasteiger partial charge in [0.25, 0.3) is 11.8 Å². The van der Waals surface area contributed by atoms with E-state index in [1.807, 2.05) is 17.5 Å². The molecule has 0 bridgehead atoms. The van der Waals surface area contributed by atoms with Gasteiger partial charge in [-0.3, -0.25) is 9.59 Å². The summed E-state index contributed by atoms with van der Waals surface area (Å²) in [5, 5.41) is 8.53. The number of hydrogen-bond acceptors (Lipinski definition) is 7. The van der Waals surface area contributed by atoms with Crippen LogP contribution in [0, 0.1) is 6.92 Å². The lowest BCUT2D eigenvalue weighted by Crippen LogP contribution is -2.30. The fourth-order valence-electron chi connectivity index (χ4n) is 2.38. The molecule has 3 rings (SSSR count). The summed E-state index contributed by atoms with van der Waals surface area (Å²) in [5.41, 5.74) is 1.20. The third kappa shape index (κ3) is 4.15. The van der Waals surface area contributed by atoms with Gasteiger partial charge in [-0.05, 0) is 42.6 Å². The highest BCUT2D eigenvalue weighted by Gasteiger charge is 2.20. The summed E-state index contributed by atoms with van der Waals surface area (Å²) < 4.78 is 9.83. The first-order valence-corrected chi connectivity index (χ1v) is 8.76. The summed E-state index contributed by atoms with van der Waals surface area (Å²) in [5.74, 6) is 0.284. The molecule has 0 saturated carbocycles. The number of carbonyl (C=O) groups excluding carboxylic acids is 2. The summed E-state index contributed by atoms with van der Waals surface area (Å²) in [6, 6.07) is 10.1. The Balaban J connectivity index is 1.73. The van der Waals surface area contributed by atoms with Crippen LogP contribution < -0.4 is 5.32 Å². The van der Waals surface area contributed by atoms with Crippen molar-refractivity contribution in [2.45, 2.75) is 19.4 Å². The quantitative estimate of drug-likeness (QED) is 0.669. The lowest BCUT2D eigenvalue weighted by molar-refractivity contribution is -0.141. The molecule has 0 aliphatic heterocycles. The third-order valence-electron chi connectivity index (χ3n) is 3.71. The SMILES string of the molecule is COC(=O)CC(NC(=O)c1ccc(-c2nc(C)no2)cc1)c1cccs1. The summed E-state index contributed by atoms with van der Waals surface area (Å²) in [7, 11) is 1.33. The number of carbonyl (C=O) groups is 2. The molecule has 2 heterocycles. The second kappa shape index (κ2) is 7.92. The van der Waals surface area contributed by atoms with Crippen molar-refractivity contribution in [3.05, 3.63) is 58.0 Å². The molecule has 0 saturated heterocycles. The number of nitrogens with one attached hydrogen (secondary N) is 1. The normalized spacial score (nSPS) is 11.8. The van der Waals surface area contributed by atoms with E-state index in [-0.39, 0.29) is 18.3 Å². The van der Waals surface area contributed by atoms with Crippen molar-refractivity contribution in [1.29, 1.82) is 0 Å². The zero-order valence-corrected chi connectivity index (χ0v) is 15.1. The zero-order valence-electron chi connectivity index (χ0n) is 14.3. The van der Waals surface area contributed by atoms with E-state index >= 15 is 0 Å². The maximum Gasteiger partial charge on any atom is 0.307 e. The molecule has 1 N–H and O–H groups in total. The van der Waals surface area contributed by atoms with E-state index < -0.39 is 6.04 Å². The zero-order chi connectivity index (χ0) is 18.5. The number of ether oxygens (including phenoxy) is 1. The van der Waals surface area contributed by atoms with E-state index in [4.69, 9.17) is 9.26 Å². The summed E-state index contributed by atoms with van der Waals surface area (Å²) in [4.78, 5) is 29.3. The Morgan fingerprint density at radius 1 is 1.27 bits per heavy atom. The Morgan fingerprint density at radius 3 is 2.62 bits per heavy atom. The molecule has 26 heavy (non-hydrogen) atoms. The largest absolute Gasteiger partial charge is 0.469 e. The van der Waals surface area contributed by atoms with E-state index in [9.17, 15) is 9.59 Å². The maximum absolute atomic E-state index is 12.6. The van der Waals surface area contributed by atoms with Crippen LogP contribution in [0.4, 0.5) is 0 Å². The highest BCUT2D eigenvalue weighted by atomic mass is 32.1. The minimum absolute atomic E-state index is 0.0715. The second-order valence-electron chi connectivity index (χ2n) is 5.55. The van der Waals surface area contributed by atoms with Crippen molar-refractivity contribution in [2.24, 2.45) is 0 Å². The number of amides is 1. The molecule has 1 amide bonds. The number of hydrogen-bond donors (Lipinski definition) is 1. The van der Waals surface area contributed by atoms with Gasteiger partial charge in [0, 0.05) is 16.0 Å². The maximum atomic E-state index is 12.6. The molecule has 1 aromatic carbocycles. The molecule has 0 aliphatic carbocycles. The Morgan fingerprint density at radius 2 is 2.04 bits per heavy atom. The van der Waals surface area contributed by atoms with E-state index in [1.165, 1.54) is 18.4 Å². The number of thiophene rings is 1. The van der Waals surface area contributed by atoms with Gasteiger partial charge >= 0.3 is 5.97 Å². The van der Waals surface area contributed by atoms with Crippen LogP contribution in [0.15, 0.2) is 46.3 Å². The van der Waals surface area contributed by atoms with Crippen molar-refractivity contribution in [2.75, 3.05) is 7.11 Å². The molecule has 8 heteroatoms. The molecule has 3 aromatic rings.